The smallest absolute Gasteiger partial charge is 0.480 e. The number of amides is 1. The Balaban J connectivity index is 0.00000441. The highest BCUT2D eigenvalue weighted by Crippen LogP contribution is 2.34. The Hall–Kier alpha value is -4.19. The van der Waals surface area contributed by atoms with Gasteiger partial charge in [-0.15, -0.1) is 13.2 Å². The number of anilines is 2. The number of aliphatic carboxylic acids is 1. The zero-order valence-corrected chi connectivity index (χ0v) is 21.7. The Kier molecular flexibility index (Phi) is 8.73. The van der Waals surface area contributed by atoms with Gasteiger partial charge in [-0.25, -0.2) is 14.2 Å². The molecule has 1 amide bonds. The number of carboxylic acid groups (broad SMARTS) is 1. The Morgan fingerprint density at radius 3 is 2.20 bits per heavy atom. The largest absolute Gasteiger partial charge is 0.573 e. The van der Waals surface area contributed by atoms with E-state index in [2.05, 4.69) is 20.4 Å². The maximum absolute atomic E-state index is 14.9. The van der Waals surface area contributed by atoms with Crippen LogP contribution in [0.3, 0.4) is 0 Å². The number of halogens is 4. The van der Waals surface area contributed by atoms with Crippen molar-refractivity contribution in [1.29, 1.82) is 0 Å². The van der Waals surface area contributed by atoms with E-state index in [0.29, 0.717) is 21.3 Å². The lowest BCUT2D eigenvalue weighted by Crippen LogP contribution is -2.49. The topological polar surface area (TPSA) is 101 Å². The van der Waals surface area contributed by atoms with Gasteiger partial charge in [0.05, 0.1) is 15.9 Å². The van der Waals surface area contributed by atoms with Gasteiger partial charge in [-0.3, -0.25) is 4.79 Å². The number of nitrogens with one attached hydrogen (secondary N) is 2. The van der Waals surface area contributed by atoms with Crippen molar-refractivity contribution in [3.63, 3.8) is 0 Å². The highest BCUT2D eigenvalue weighted by atomic mass is 32.1. The van der Waals surface area contributed by atoms with Crippen molar-refractivity contribution in [2.24, 2.45) is 5.41 Å². The molecule has 0 bridgehead atoms. The van der Waals surface area contributed by atoms with Crippen LogP contribution in [0.5, 0.6) is 5.75 Å². The van der Waals surface area contributed by atoms with E-state index in [1.165, 1.54) is 36.4 Å². The third kappa shape index (κ3) is 7.26. The number of carbonyl (C=O) groups excluding carboxylic acids is 1. The van der Waals surface area contributed by atoms with Crippen LogP contribution in [0.1, 0.15) is 38.6 Å². The second-order valence-corrected chi connectivity index (χ2v) is 10.7. The SMILES string of the molecule is C.CC(C)(C)[C@H](NC(=O)c1ccc(-c2ccc(Nc3nc4ccc(OC(F)(F)F)cc4s3)c(F)c2)cc1)C(=O)O. The van der Waals surface area contributed by atoms with Crippen molar-refractivity contribution < 1.29 is 37.0 Å². The first-order valence-electron chi connectivity index (χ1n) is 11.6. The van der Waals surface area contributed by atoms with Crippen molar-refractivity contribution in [3.8, 4) is 16.9 Å². The molecule has 40 heavy (non-hydrogen) atoms. The molecule has 0 aliphatic rings. The number of carboxylic acids is 1. The Morgan fingerprint density at radius 2 is 1.62 bits per heavy atom. The number of benzene rings is 3. The first kappa shape index (κ1) is 30.4. The molecule has 1 atom stereocenters. The molecule has 0 radical (unpaired) electrons. The maximum atomic E-state index is 14.9. The summed E-state index contributed by atoms with van der Waals surface area (Å²) in [4.78, 5) is 28.4. The van der Waals surface area contributed by atoms with Crippen LogP contribution in [0.4, 0.5) is 28.4 Å². The second kappa shape index (κ2) is 11.5. The fourth-order valence-corrected chi connectivity index (χ4v) is 4.65. The summed E-state index contributed by atoms with van der Waals surface area (Å²) in [6, 6.07) is 13.4. The van der Waals surface area contributed by atoms with Crippen molar-refractivity contribution in [2.75, 3.05) is 5.32 Å². The van der Waals surface area contributed by atoms with Gasteiger partial charge in [0, 0.05) is 11.6 Å². The summed E-state index contributed by atoms with van der Waals surface area (Å²) in [6.45, 7) is 5.13. The van der Waals surface area contributed by atoms with Gasteiger partial charge in [-0.1, -0.05) is 57.7 Å². The molecule has 0 aliphatic heterocycles. The van der Waals surface area contributed by atoms with Crippen LogP contribution in [-0.4, -0.2) is 34.4 Å². The molecular formula is C28H27F4N3O4S. The van der Waals surface area contributed by atoms with Crippen molar-refractivity contribution in [3.05, 3.63) is 72.0 Å². The van der Waals surface area contributed by atoms with Crippen molar-refractivity contribution in [2.45, 2.75) is 40.6 Å². The number of nitrogens with zero attached hydrogens (tertiary/aromatic N) is 1. The number of carbonyl (C=O) groups is 2. The van der Waals surface area contributed by atoms with E-state index in [1.807, 2.05) is 0 Å². The van der Waals surface area contributed by atoms with Gasteiger partial charge in [-0.05, 0) is 52.9 Å². The van der Waals surface area contributed by atoms with Crippen molar-refractivity contribution >= 4 is 44.2 Å². The first-order valence-corrected chi connectivity index (χ1v) is 12.4. The molecule has 0 aliphatic carbocycles. The standard InChI is InChI=1S/C27H23F4N3O4S.CH4/c1-26(2,3)22(24(36)37)34-23(35)15-6-4-14(5-7-15)16-8-10-19(18(28)12-16)32-25-33-20-11-9-17(13-21(20)39-25)38-27(29,30)31;/h4-13,22H,1-3H3,(H,32,33)(H,34,35)(H,36,37);1H4/t22-;/m1./s1. The van der Waals surface area contributed by atoms with E-state index in [0.717, 1.165) is 17.4 Å². The number of thiazole rings is 1. The number of hydrogen-bond donors (Lipinski definition) is 3. The summed E-state index contributed by atoms with van der Waals surface area (Å²) in [5, 5.41) is 15.1. The molecule has 3 N–H and O–H groups in total. The third-order valence-electron chi connectivity index (χ3n) is 5.67. The van der Waals surface area contributed by atoms with Crippen LogP contribution >= 0.6 is 11.3 Å². The van der Waals surface area contributed by atoms with Gasteiger partial charge >= 0.3 is 12.3 Å². The lowest BCUT2D eigenvalue weighted by Gasteiger charge is -2.27. The Bertz CT molecular complexity index is 1530. The molecule has 1 heterocycles. The molecule has 12 heteroatoms. The minimum atomic E-state index is -4.81. The van der Waals surface area contributed by atoms with Crippen LogP contribution in [0.15, 0.2) is 60.7 Å². The predicted octanol–water partition coefficient (Wildman–Crippen LogP) is 7.61. The molecule has 7 nitrogen and oxygen atoms in total. The fraction of sp³-hybridized carbons (Fsp3) is 0.250. The summed E-state index contributed by atoms with van der Waals surface area (Å²) in [5.74, 6) is -2.64. The Labute approximate surface area is 231 Å². The van der Waals surface area contributed by atoms with E-state index in [4.69, 9.17) is 0 Å². The number of fused-ring (bicyclic) bond motifs is 1. The van der Waals surface area contributed by atoms with Crippen LogP contribution in [-0.2, 0) is 4.79 Å². The number of aromatic nitrogens is 1. The molecular weight excluding hydrogens is 550 g/mol. The molecule has 0 unspecified atom stereocenters. The van der Waals surface area contributed by atoms with Crippen molar-refractivity contribution in [1.82, 2.24) is 10.3 Å². The number of alkyl halides is 3. The molecule has 1 aromatic heterocycles. The van der Waals surface area contributed by atoms with Crippen LogP contribution in [0, 0.1) is 11.2 Å². The zero-order chi connectivity index (χ0) is 28.5. The predicted molar refractivity (Wildman–Crippen MR) is 146 cm³/mol. The quantitative estimate of drug-likeness (QED) is 0.196. The number of ether oxygens (including phenoxy) is 1. The van der Waals surface area contributed by atoms with Gasteiger partial charge in [0.25, 0.3) is 5.91 Å². The minimum Gasteiger partial charge on any atom is -0.480 e. The average Bonchev–Trinajstić information content (AvgIpc) is 3.23. The molecule has 0 spiro atoms. The zero-order valence-electron chi connectivity index (χ0n) is 20.9. The van der Waals surface area contributed by atoms with E-state index >= 15 is 0 Å². The molecule has 0 fully saturated rings. The van der Waals surface area contributed by atoms with E-state index in [1.54, 1.807) is 39.0 Å². The molecule has 0 saturated carbocycles. The van der Waals surface area contributed by atoms with Gasteiger partial charge in [0.1, 0.15) is 17.6 Å². The molecule has 4 rings (SSSR count). The second-order valence-electron chi connectivity index (χ2n) is 9.70. The number of rotatable bonds is 7. The Morgan fingerprint density at radius 1 is 0.975 bits per heavy atom. The molecule has 3 aromatic carbocycles. The lowest BCUT2D eigenvalue weighted by atomic mass is 9.86. The van der Waals surface area contributed by atoms with E-state index in [9.17, 15) is 32.3 Å². The lowest BCUT2D eigenvalue weighted by molar-refractivity contribution is -0.274. The van der Waals surface area contributed by atoms with Gasteiger partial charge in [0.15, 0.2) is 5.13 Å². The summed E-state index contributed by atoms with van der Waals surface area (Å²) >= 11 is 1.04. The van der Waals surface area contributed by atoms with Gasteiger partial charge < -0.3 is 20.5 Å². The summed E-state index contributed by atoms with van der Waals surface area (Å²) in [7, 11) is 0. The fourth-order valence-electron chi connectivity index (χ4n) is 3.74. The molecule has 212 valence electrons. The average molecular weight is 578 g/mol. The summed E-state index contributed by atoms with van der Waals surface area (Å²) < 4.78 is 56.7. The highest BCUT2D eigenvalue weighted by molar-refractivity contribution is 7.22. The van der Waals surface area contributed by atoms with Crippen LogP contribution in [0.2, 0.25) is 0 Å². The third-order valence-corrected chi connectivity index (χ3v) is 6.61. The van der Waals surface area contributed by atoms with Gasteiger partial charge in [-0.2, -0.15) is 0 Å². The van der Waals surface area contributed by atoms with Crippen LogP contribution < -0.4 is 15.4 Å². The minimum absolute atomic E-state index is 0. The molecule has 0 saturated heterocycles. The normalized spacial score (nSPS) is 12.4. The monoisotopic (exact) mass is 577 g/mol. The van der Waals surface area contributed by atoms with Gasteiger partial charge in [0.2, 0.25) is 0 Å². The van der Waals surface area contributed by atoms with Crippen LogP contribution in [0.25, 0.3) is 21.3 Å². The first-order chi connectivity index (χ1) is 18.2. The maximum Gasteiger partial charge on any atom is 0.573 e. The summed E-state index contributed by atoms with van der Waals surface area (Å²) in [6.07, 6.45) is -4.81. The highest BCUT2D eigenvalue weighted by Gasteiger charge is 2.33. The van der Waals surface area contributed by atoms with E-state index in [-0.39, 0.29) is 29.6 Å². The van der Waals surface area contributed by atoms with E-state index < -0.39 is 35.5 Å². The number of hydrogen-bond acceptors (Lipinski definition) is 6. The molecule has 4 aromatic rings. The summed E-state index contributed by atoms with van der Waals surface area (Å²) in [5.41, 5.74) is 1.26.